The van der Waals surface area contributed by atoms with Gasteiger partial charge in [-0.25, -0.2) is 15.0 Å². The summed E-state index contributed by atoms with van der Waals surface area (Å²) in [7, 11) is 0. The maximum absolute atomic E-state index is 12.7. The van der Waals surface area contributed by atoms with Crippen LogP contribution in [0.4, 0.5) is 17.3 Å². The van der Waals surface area contributed by atoms with E-state index in [2.05, 4.69) is 30.9 Å². The second-order valence-electron chi connectivity index (χ2n) is 9.15. The van der Waals surface area contributed by atoms with Crippen LogP contribution in [0.3, 0.4) is 0 Å². The van der Waals surface area contributed by atoms with Crippen molar-refractivity contribution in [3.63, 3.8) is 0 Å². The molecule has 182 valence electrons. The van der Waals surface area contributed by atoms with Crippen LogP contribution in [0.15, 0.2) is 24.5 Å². The van der Waals surface area contributed by atoms with Crippen molar-refractivity contribution in [2.75, 3.05) is 36.1 Å². The average molecular weight is 476 g/mol. The highest BCUT2D eigenvalue weighted by molar-refractivity contribution is 5.98. The van der Waals surface area contributed by atoms with E-state index in [9.17, 15) is 9.59 Å². The molecule has 1 fully saturated rings. The number of nitrogens with zero attached hydrogens (tertiary/aromatic N) is 3. The molecule has 1 saturated carbocycles. The second kappa shape index (κ2) is 9.36. The van der Waals surface area contributed by atoms with E-state index in [4.69, 9.17) is 10.5 Å². The fourth-order valence-corrected chi connectivity index (χ4v) is 4.59. The molecule has 0 saturated heterocycles. The molecule has 0 radical (unpaired) electrons. The number of nitrogen functional groups attached to an aromatic ring is 1. The minimum Gasteiger partial charge on any atom is -0.474 e. The maximum Gasteiger partial charge on any atom is 0.237 e. The van der Waals surface area contributed by atoms with Crippen molar-refractivity contribution in [3.8, 4) is 17.1 Å². The number of carbonyl (C=O) groups is 2. The molecule has 0 spiro atoms. The molecule has 3 aromatic rings. The fourth-order valence-electron chi connectivity index (χ4n) is 4.59. The number of nitrogens with two attached hydrogens (primary N) is 1. The highest BCUT2D eigenvalue weighted by atomic mass is 16.5. The number of pyridine rings is 3. The van der Waals surface area contributed by atoms with E-state index < -0.39 is 0 Å². The predicted octanol–water partition coefficient (Wildman–Crippen LogP) is 2.88. The largest absolute Gasteiger partial charge is 0.474 e. The molecule has 2 aliphatic rings. The van der Waals surface area contributed by atoms with Crippen LogP contribution in [0.2, 0.25) is 0 Å². The minimum atomic E-state index is -0.0276. The molecule has 5 N–H and O–H groups in total. The van der Waals surface area contributed by atoms with Crippen molar-refractivity contribution in [1.82, 2.24) is 20.3 Å². The lowest BCUT2D eigenvalue weighted by molar-refractivity contribution is -0.119. The Kier molecular flexibility index (Phi) is 6.10. The van der Waals surface area contributed by atoms with Gasteiger partial charge in [0.25, 0.3) is 0 Å². The first-order valence-electron chi connectivity index (χ1n) is 11.9. The van der Waals surface area contributed by atoms with Crippen LogP contribution < -0.4 is 26.4 Å². The van der Waals surface area contributed by atoms with Crippen molar-refractivity contribution in [2.45, 2.75) is 33.1 Å². The molecule has 0 aromatic carbocycles. The Labute approximate surface area is 203 Å². The number of hydrogen-bond donors (Lipinski definition) is 4. The summed E-state index contributed by atoms with van der Waals surface area (Å²) in [6, 6.07) is 3.76. The van der Waals surface area contributed by atoms with Crippen molar-refractivity contribution >= 4 is 39.9 Å². The van der Waals surface area contributed by atoms with Crippen molar-refractivity contribution < 1.29 is 14.3 Å². The van der Waals surface area contributed by atoms with E-state index in [1.807, 2.05) is 19.1 Å². The van der Waals surface area contributed by atoms with Gasteiger partial charge in [-0.2, -0.15) is 0 Å². The third-order valence-corrected chi connectivity index (χ3v) is 6.60. The molecular weight excluding hydrogens is 446 g/mol. The first kappa shape index (κ1) is 22.8. The molecule has 2 amide bonds. The Morgan fingerprint density at radius 3 is 2.94 bits per heavy atom. The van der Waals surface area contributed by atoms with Crippen LogP contribution in [0.25, 0.3) is 22.0 Å². The number of rotatable bonds is 7. The first-order valence-corrected chi connectivity index (χ1v) is 11.9. The summed E-state index contributed by atoms with van der Waals surface area (Å²) >= 11 is 0. The molecule has 1 aliphatic carbocycles. The SMILES string of the molecule is CC(=O)NCCC[C@H]1C[C@H]1C(=O)Nc1cc2cc(-c3cnc4c(c3C)NCCO4)nc(N)c2cn1. The molecule has 0 bridgehead atoms. The number of fused-ring (bicyclic) bond motifs is 2. The summed E-state index contributed by atoms with van der Waals surface area (Å²) in [5, 5.41) is 10.6. The van der Waals surface area contributed by atoms with Crippen LogP contribution in [0, 0.1) is 18.8 Å². The number of hydrogen-bond acceptors (Lipinski definition) is 8. The van der Waals surface area contributed by atoms with Gasteiger partial charge in [0.1, 0.15) is 23.9 Å². The zero-order valence-electron chi connectivity index (χ0n) is 19.9. The van der Waals surface area contributed by atoms with E-state index in [1.54, 1.807) is 12.4 Å². The lowest BCUT2D eigenvalue weighted by Crippen LogP contribution is -2.21. The highest BCUT2D eigenvalue weighted by Gasteiger charge is 2.42. The Balaban J connectivity index is 1.32. The normalized spacial score (nSPS) is 18.2. The molecule has 0 unspecified atom stereocenters. The van der Waals surface area contributed by atoms with Crippen LogP contribution in [0.1, 0.15) is 31.7 Å². The lowest BCUT2D eigenvalue weighted by Gasteiger charge is -2.21. The van der Waals surface area contributed by atoms with Crippen LogP contribution in [0.5, 0.6) is 5.88 Å². The van der Waals surface area contributed by atoms with Gasteiger partial charge in [0, 0.05) is 49.3 Å². The molecule has 35 heavy (non-hydrogen) atoms. The van der Waals surface area contributed by atoms with Gasteiger partial charge in [0.2, 0.25) is 17.7 Å². The molecular formula is C25H29N7O3. The third-order valence-electron chi connectivity index (χ3n) is 6.60. The number of aromatic nitrogens is 3. The monoisotopic (exact) mass is 475 g/mol. The van der Waals surface area contributed by atoms with Gasteiger partial charge in [-0.15, -0.1) is 0 Å². The Hall–Kier alpha value is -3.95. The number of amides is 2. The van der Waals surface area contributed by atoms with E-state index >= 15 is 0 Å². The molecule has 5 rings (SSSR count). The average Bonchev–Trinajstić information content (AvgIpc) is 3.62. The van der Waals surface area contributed by atoms with Gasteiger partial charge in [-0.1, -0.05) is 0 Å². The maximum atomic E-state index is 12.7. The van der Waals surface area contributed by atoms with Crippen molar-refractivity contribution in [2.24, 2.45) is 11.8 Å². The lowest BCUT2D eigenvalue weighted by atomic mass is 10.0. The number of ether oxygens (including phenoxy) is 1. The summed E-state index contributed by atoms with van der Waals surface area (Å²) in [6.07, 6.45) is 6.04. The number of carbonyl (C=O) groups excluding carboxylic acids is 2. The van der Waals surface area contributed by atoms with E-state index in [0.717, 1.165) is 53.4 Å². The van der Waals surface area contributed by atoms with E-state index in [0.29, 0.717) is 42.3 Å². The van der Waals surface area contributed by atoms with Crippen LogP contribution >= 0.6 is 0 Å². The van der Waals surface area contributed by atoms with E-state index in [1.165, 1.54) is 6.92 Å². The molecule has 1 aliphatic heterocycles. The minimum absolute atomic E-state index is 0.0122. The van der Waals surface area contributed by atoms with Crippen LogP contribution in [-0.2, 0) is 9.59 Å². The van der Waals surface area contributed by atoms with Gasteiger partial charge >= 0.3 is 0 Å². The van der Waals surface area contributed by atoms with Gasteiger partial charge in [-0.3, -0.25) is 9.59 Å². The summed E-state index contributed by atoms with van der Waals surface area (Å²) < 4.78 is 5.63. The van der Waals surface area contributed by atoms with Gasteiger partial charge in [0.05, 0.1) is 5.69 Å². The van der Waals surface area contributed by atoms with Gasteiger partial charge < -0.3 is 26.4 Å². The standard InChI is InChI=1S/C25H29N7O3/c1-13-18(11-30-25-22(13)28-6-7-35-25)20-9-16-10-21(29-12-19(16)23(26)31-20)32-24(34)17-8-15(17)4-3-5-27-14(2)33/h9-12,15,17,28H,3-8H2,1-2H3,(H2,26,31)(H,27,33)(H,29,32,34)/t15-,17+/m0/s1. The molecule has 4 heterocycles. The molecule has 2 atom stereocenters. The Morgan fingerprint density at radius 2 is 2.11 bits per heavy atom. The zero-order valence-corrected chi connectivity index (χ0v) is 19.9. The third kappa shape index (κ3) is 4.82. The fraction of sp³-hybridized carbons (Fsp3) is 0.400. The molecule has 3 aromatic heterocycles. The summed E-state index contributed by atoms with van der Waals surface area (Å²) in [5.41, 5.74) is 9.67. The predicted molar refractivity (Wildman–Crippen MR) is 134 cm³/mol. The smallest absolute Gasteiger partial charge is 0.237 e. The molecule has 10 heteroatoms. The Bertz CT molecular complexity index is 1310. The second-order valence-corrected chi connectivity index (χ2v) is 9.15. The van der Waals surface area contributed by atoms with Crippen LogP contribution in [-0.4, -0.2) is 46.5 Å². The van der Waals surface area contributed by atoms with E-state index in [-0.39, 0.29) is 17.7 Å². The Morgan fingerprint density at radius 1 is 1.26 bits per heavy atom. The molecule has 10 nitrogen and oxygen atoms in total. The van der Waals surface area contributed by atoms with Gasteiger partial charge in [-0.05, 0) is 55.2 Å². The van der Waals surface area contributed by atoms with Gasteiger partial charge in [0.15, 0.2) is 0 Å². The summed E-state index contributed by atoms with van der Waals surface area (Å²) in [4.78, 5) is 37.1. The quantitative estimate of drug-likeness (QED) is 0.382. The summed E-state index contributed by atoms with van der Waals surface area (Å²) in [6.45, 7) is 5.46. The highest BCUT2D eigenvalue weighted by Crippen LogP contribution is 2.43. The summed E-state index contributed by atoms with van der Waals surface area (Å²) in [5.74, 6) is 1.73. The van der Waals surface area contributed by atoms with Crippen molar-refractivity contribution in [3.05, 3.63) is 30.1 Å². The first-order chi connectivity index (χ1) is 16.9. The zero-order chi connectivity index (χ0) is 24.5. The number of anilines is 3. The topological polar surface area (TPSA) is 144 Å². The number of nitrogens with one attached hydrogen (secondary N) is 3. The van der Waals surface area contributed by atoms with Crippen molar-refractivity contribution in [1.29, 1.82) is 0 Å².